The van der Waals surface area contributed by atoms with Crippen molar-refractivity contribution in [1.29, 1.82) is 0 Å². The van der Waals surface area contributed by atoms with Crippen LogP contribution in [0.25, 0.3) is 0 Å². The van der Waals surface area contributed by atoms with Gasteiger partial charge in [-0.25, -0.2) is 9.37 Å². The molecule has 0 saturated carbocycles. The van der Waals surface area contributed by atoms with E-state index >= 15 is 0 Å². The predicted octanol–water partition coefficient (Wildman–Crippen LogP) is 4.04. The normalized spacial score (nSPS) is 18.8. The summed E-state index contributed by atoms with van der Waals surface area (Å²) in [5.74, 6) is 0. The maximum atomic E-state index is 14.3. The molecule has 0 radical (unpaired) electrons. The van der Waals surface area contributed by atoms with Crippen molar-refractivity contribution in [2.45, 2.75) is 37.7 Å². The molecular formula is C11H17BrFNOS. The Kier molecular flexibility index (Phi) is 5.86. The summed E-state index contributed by atoms with van der Waals surface area (Å²) >= 11 is 4.72. The summed E-state index contributed by atoms with van der Waals surface area (Å²) in [5, 5.41) is 3.20. The molecule has 0 aliphatic carbocycles. The molecule has 16 heavy (non-hydrogen) atoms. The summed E-state index contributed by atoms with van der Waals surface area (Å²) in [5.41, 5.74) is -0.336. The summed E-state index contributed by atoms with van der Waals surface area (Å²) in [4.78, 5) is 4.27. The number of aromatic nitrogens is 1. The quantitative estimate of drug-likeness (QED) is 0.769. The van der Waals surface area contributed by atoms with E-state index in [9.17, 15) is 4.39 Å². The van der Waals surface area contributed by atoms with Gasteiger partial charge in [-0.3, -0.25) is 0 Å². The van der Waals surface area contributed by atoms with Gasteiger partial charge in [-0.1, -0.05) is 29.8 Å². The fourth-order valence-electron chi connectivity index (χ4n) is 1.48. The monoisotopic (exact) mass is 309 g/mol. The Morgan fingerprint density at radius 3 is 2.62 bits per heavy atom. The Balaban J connectivity index is 0.000000606. The molecule has 0 atom stereocenters. The largest absolute Gasteiger partial charge is 0.381 e. The van der Waals surface area contributed by atoms with Gasteiger partial charge in [0.05, 0.1) is 18.9 Å². The number of hydrogen-bond acceptors (Lipinski definition) is 3. The highest BCUT2D eigenvalue weighted by Crippen LogP contribution is 2.37. The number of halogens is 2. The first-order valence-corrected chi connectivity index (χ1v) is 7.52. The van der Waals surface area contributed by atoms with Crippen LogP contribution in [-0.4, -0.2) is 18.2 Å². The minimum absolute atomic E-state index is 0.433. The summed E-state index contributed by atoms with van der Waals surface area (Å²) in [6.45, 7) is 5.00. The van der Waals surface area contributed by atoms with Gasteiger partial charge in [-0.05, 0) is 0 Å². The second-order valence-electron chi connectivity index (χ2n) is 3.36. The summed E-state index contributed by atoms with van der Waals surface area (Å²) in [7, 11) is 0. The SMILES string of the molecule is CC.FC1(c2nc(CBr)cs2)CCOCC1. The maximum absolute atomic E-state index is 14.3. The zero-order valence-electron chi connectivity index (χ0n) is 9.63. The third kappa shape index (κ3) is 3.25. The van der Waals surface area contributed by atoms with Crippen LogP contribution in [0.15, 0.2) is 5.38 Å². The van der Waals surface area contributed by atoms with Gasteiger partial charge in [-0.2, -0.15) is 0 Å². The van der Waals surface area contributed by atoms with Gasteiger partial charge >= 0.3 is 0 Å². The standard InChI is InChI=1S/C9H11BrFNOS.C2H6/c10-5-7-6-14-8(12-7)9(11)1-3-13-4-2-9;1-2/h6H,1-5H2;1-2H3. The lowest BCUT2D eigenvalue weighted by Gasteiger charge is -2.27. The van der Waals surface area contributed by atoms with Crippen molar-refractivity contribution >= 4 is 27.3 Å². The van der Waals surface area contributed by atoms with Gasteiger partial charge in [-0.15, -0.1) is 11.3 Å². The number of alkyl halides is 2. The Labute approximate surface area is 108 Å². The highest BCUT2D eigenvalue weighted by atomic mass is 79.9. The third-order valence-corrected chi connectivity index (χ3v) is 4.00. The fraction of sp³-hybridized carbons (Fsp3) is 0.727. The van der Waals surface area contributed by atoms with Crippen molar-refractivity contribution in [2.24, 2.45) is 0 Å². The molecule has 0 bridgehead atoms. The lowest BCUT2D eigenvalue weighted by Crippen LogP contribution is -2.29. The van der Waals surface area contributed by atoms with E-state index < -0.39 is 5.67 Å². The molecule has 1 aliphatic heterocycles. The number of ether oxygens (including phenoxy) is 1. The lowest BCUT2D eigenvalue weighted by molar-refractivity contribution is -0.0116. The molecule has 0 unspecified atom stereocenters. The van der Waals surface area contributed by atoms with Crippen molar-refractivity contribution in [3.63, 3.8) is 0 Å². The second-order valence-corrected chi connectivity index (χ2v) is 4.77. The molecule has 2 nitrogen and oxygen atoms in total. The smallest absolute Gasteiger partial charge is 0.166 e. The first-order chi connectivity index (χ1) is 7.74. The summed E-state index contributed by atoms with van der Waals surface area (Å²) in [6, 6.07) is 0. The molecule has 1 saturated heterocycles. The highest BCUT2D eigenvalue weighted by molar-refractivity contribution is 9.08. The van der Waals surface area contributed by atoms with Crippen molar-refractivity contribution in [3.05, 3.63) is 16.1 Å². The van der Waals surface area contributed by atoms with E-state index in [0.29, 0.717) is 36.4 Å². The average Bonchev–Trinajstić information content (AvgIpc) is 2.82. The van der Waals surface area contributed by atoms with Gasteiger partial charge in [0.15, 0.2) is 5.67 Å². The molecule has 2 rings (SSSR count). The van der Waals surface area contributed by atoms with Gasteiger partial charge in [0.25, 0.3) is 0 Å². The van der Waals surface area contributed by atoms with Gasteiger partial charge in [0.1, 0.15) is 5.01 Å². The first-order valence-electron chi connectivity index (χ1n) is 5.52. The summed E-state index contributed by atoms with van der Waals surface area (Å²) < 4.78 is 19.5. The van der Waals surface area contributed by atoms with Crippen LogP contribution < -0.4 is 0 Å². The number of thiazole rings is 1. The van der Waals surface area contributed by atoms with E-state index in [-0.39, 0.29) is 0 Å². The van der Waals surface area contributed by atoms with Crippen molar-refractivity contribution < 1.29 is 9.13 Å². The molecule has 1 aromatic rings. The van der Waals surface area contributed by atoms with E-state index in [1.54, 1.807) is 0 Å². The van der Waals surface area contributed by atoms with Crippen LogP contribution in [0, 0.1) is 0 Å². The maximum Gasteiger partial charge on any atom is 0.166 e. The van der Waals surface area contributed by atoms with Crippen molar-refractivity contribution in [1.82, 2.24) is 4.98 Å². The van der Waals surface area contributed by atoms with Crippen LogP contribution in [0.3, 0.4) is 0 Å². The number of nitrogens with zero attached hydrogens (tertiary/aromatic N) is 1. The zero-order chi connectivity index (χ0) is 12.0. The molecular weight excluding hydrogens is 293 g/mol. The Bertz CT molecular complexity index is 313. The Hall–Kier alpha value is -0.0000000000000000486. The predicted molar refractivity (Wildman–Crippen MR) is 68.9 cm³/mol. The molecule has 1 aliphatic rings. The van der Waals surface area contributed by atoms with E-state index in [1.807, 2.05) is 19.2 Å². The molecule has 2 heterocycles. The minimum Gasteiger partial charge on any atom is -0.381 e. The lowest BCUT2D eigenvalue weighted by atomic mass is 9.97. The topological polar surface area (TPSA) is 22.1 Å². The summed E-state index contributed by atoms with van der Waals surface area (Å²) in [6.07, 6.45) is 0.866. The van der Waals surface area contributed by atoms with E-state index in [0.717, 1.165) is 5.69 Å². The average molecular weight is 310 g/mol. The molecule has 0 amide bonds. The molecule has 5 heteroatoms. The fourth-order valence-corrected chi connectivity index (χ4v) is 2.95. The van der Waals surface area contributed by atoms with Gasteiger partial charge in [0, 0.05) is 23.6 Å². The Morgan fingerprint density at radius 2 is 2.12 bits per heavy atom. The molecule has 1 aromatic heterocycles. The Morgan fingerprint density at radius 1 is 1.50 bits per heavy atom. The number of rotatable bonds is 2. The van der Waals surface area contributed by atoms with Crippen LogP contribution >= 0.6 is 27.3 Å². The zero-order valence-corrected chi connectivity index (χ0v) is 12.0. The van der Waals surface area contributed by atoms with Crippen LogP contribution in [0.4, 0.5) is 4.39 Å². The van der Waals surface area contributed by atoms with E-state index in [1.165, 1.54) is 11.3 Å². The van der Waals surface area contributed by atoms with Crippen LogP contribution in [-0.2, 0) is 15.7 Å². The first kappa shape index (κ1) is 14.1. The number of hydrogen-bond donors (Lipinski definition) is 0. The van der Waals surface area contributed by atoms with Gasteiger partial charge in [0.2, 0.25) is 0 Å². The highest BCUT2D eigenvalue weighted by Gasteiger charge is 2.37. The molecule has 0 aromatic carbocycles. The third-order valence-electron chi connectivity index (χ3n) is 2.36. The van der Waals surface area contributed by atoms with Crippen LogP contribution in [0.5, 0.6) is 0 Å². The van der Waals surface area contributed by atoms with Crippen LogP contribution in [0.1, 0.15) is 37.4 Å². The molecule has 0 spiro atoms. The van der Waals surface area contributed by atoms with Crippen molar-refractivity contribution in [3.8, 4) is 0 Å². The van der Waals surface area contributed by atoms with E-state index in [2.05, 4.69) is 20.9 Å². The molecule has 92 valence electrons. The van der Waals surface area contributed by atoms with Gasteiger partial charge < -0.3 is 4.74 Å². The second kappa shape index (κ2) is 6.67. The van der Waals surface area contributed by atoms with Crippen LogP contribution in [0.2, 0.25) is 0 Å². The molecule has 1 fully saturated rings. The molecule has 0 N–H and O–H groups in total. The van der Waals surface area contributed by atoms with Crippen molar-refractivity contribution in [2.75, 3.05) is 13.2 Å². The minimum atomic E-state index is -1.25. The van der Waals surface area contributed by atoms with E-state index in [4.69, 9.17) is 4.74 Å².